The quantitative estimate of drug-likeness (QED) is 0.769. The first-order chi connectivity index (χ1) is 6.40. The van der Waals surface area contributed by atoms with E-state index in [1.54, 1.807) is 0 Å². The fourth-order valence-electron chi connectivity index (χ4n) is 1.50. The molecule has 0 saturated carbocycles. The summed E-state index contributed by atoms with van der Waals surface area (Å²) < 4.78 is 0. The predicted octanol–water partition coefficient (Wildman–Crippen LogP) is 3.81. The van der Waals surface area contributed by atoms with Crippen LogP contribution in [0.25, 0.3) is 10.9 Å². The van der Waals surface area contributed by atoms with Crippen molar-refractivity contribution in [2.75, 3.05) is 0 Å². The minimum Gasteiger partial charge on any atom is -0.253 e. The van der Waals surface area contributed by atoms with Crippen molar-refractivity contribution < 1.29 is 0 Å². The highest BCUT2D eigenvalue weighted by Gasteiger charge is 1.95. The van der Waals surface area contributed by atoms with Crippen LogP contribution in [0.5, 0.6) is 0 Å². The molecule has 0 atom stereocenters. The van der Waals surface area contributed by atoms with E-state index in [0.717, 1.165) is 18.4 Å². The largest absolute Gasteiger partial charge is 0.253 e. The first-order valence-electron chi connectivity index (χ1n) is 4.75. The molecule has 0 aliphatic heterocycles. The number of pyridine rings is 1. The second-order valence-corrected chi connectivity index (χ2v) is 3.25. The van der Waals surface area contributed by atoms with Gasteiger partial charge in [-0.1, -0.05) is 37.6 Å². The van der Waals surface area contributed by atoms with Gasteiger partial charge in [-0.2, -0.15) is 0 Å². The highest BCUT2D eigenvalue weighted by molar-refractivity contribution is 14.0. The Bertz CT molecular complexity index is 412. The number of benzene rings is 1. The van der Waals surface area contributed by atoms with E-state index in [-0.39, 0.29) is 24.0 Å². The Hall–Kier alpha value is -0.640. The third-order valence-electron chi connectivity index (χ3n) is 2.16. The highest BCUT2D eigenvalue weighted by Crippen LogP contribution is 2.12. The van der Waals surface area contributed by atoms with Crippen molar-refractivity contribution in [3.63, 3.8) is 0 Å². The summed E-state index contributed by atoms with van der Waals surface area (Å²) in [4.78, 5) is 4.56. The Morgan fingerprint density at radius 3 is 2.64 bits per heavy atom. The molecule has 0 bridgehead atoms. The van der Waals surface area contributed by atoms with E-state index in [2.05, 4.69) is 36.2 Å². The number of hydrogen-bond acceptors (Lipinski definition) is 1. The Morgan fingerprint density at radius 2 is 1.86 bits per heavy atom. The van der Waals surface area contributed by atoms with Crippen molar-refractivity contribution in [3.05, 3.63) is 42.1 Å². The van der Waals surface area contributed by atoms with Crippen LogP contribution >= 0.6 is 24.0 Å². The molecule has 0 spiro atoms. The van der Waals surface area contributed by atoms with Crippen LogP contribution in [0.2, 0.25) is 0 Å². The molecule has 0 fully saturated rings. The van der Waals surface area contributed by atoms with E-state index in [9.17, 15) is 0 Å². The van der Waals surface area contributed by atoms with Crippen molar-refractivity contribution in [2.45, 2.75) is 19.8 Å². The van der Waals surface area contributed by atoms with Gasteiger partial charge in [-0.3, -0.25) is 4.98 Å². The number of aromatic nitrogens is 1. The molecule has 74 valence electrons. The van der Waals surface area contributed by atoms with Crippen molar-refractivity contribution in [1.29, 1.82) is 0 Å². The first-order valence-corrected chi connectivity index (χ1v) is 4.75. The molecule has 1 aromatic heterocycles. The summed E-state index contributed by atoms with van der Waals surface area (Å²) in [5, 5.41) is 1.22. The van der Waals surface area contributed by atoms with Gasteiger partial charge in [0.05, 0.1) is 5.52 Å². The molecule has 0 unspecified atom stereocenters. The maximum absolute atomic E-state index is 4.56. The summed E-state index contributed by atoms with van der Waals surface area (Å²) in [5.74, 6) is 0. The summed E-state index contributed by atoms with van der Waals surface area (Å²) >= 11 is 0. The van der Waals surface area contributed by atoms with Gasteiger partial charge in [-0.15, -0.1) is 24.0 Å². The van der Waals surface area contributed by atoms with E-state index in [4.69, 9.17) is 0 Å². The average Bonchev–Trinajstić information content (AvgIpc) is 2.18. The van der Waals surface area contributed by atoms with Crippen LogP contribution in [0.1, 0.15) is 19.0 Å². The Kier molecular flexibility index (Phi) is 4.32. The van der Waals surface area contributed by atoms with E-state index < -0.39 is 0 Å². The highest BCUT2D eigenvalue weighted by atomic mass is 127. The molecule has 0 radical (unpaired) electrons. The number of halogens is 1. The molecular formula is C12H14IN. The van der Waals surface area contributed by atoms with Gasteiger partial charge < -0.3 is 0 Å². The number of hydrogen-bond donors (Lipinski definition) is 0. The normalized spacial score (nSPS) is 9.79. The number of rotatable bonds is 2. The zero-order valence-corrected chi connectivity index (χ0v) is 10.6. The average molecular weight is 299 g/mol. The number of para-hydroxylation sites is 1. The molecule has 0 N–H and O–H groups in total. The van der Waals surface area contributed by atoms with Gasteiger partial charge >= 0.3 is 0 Å². The zero-order chi connectivity index (χ0) is 9.10. The topological polar surface area (TPSA) is 12.9 Å². The van der Waals surface area contributed by atoms with Crippen LogP contribution in [-0.4, -0.2) is 4.98 Å². The van der Waals surface area contributed by atoms with E-state index in [1.165, 1.54) is 11.1 Å². The zero-order valence-electron chi connectivity index (χ0n) is 8.23. The maximum atomic E-state index is 4.56. The molecule has 0 amide bonds. The second kappa shape index (κ2) is 5.29. The summed E-state index contributed by atoms with van der Waals surface area (Å²) in [5.41, 5.74) is 2.30. The molecule has 0 aliphatic rings. The van der Waals surface area contributed by atoms with Gasteiger partial charge in [0, 0.05) is 11.1 Å². The van der Waals surface area contributed by atoms with Crippen molar-refractivity contribution in [1.82, 2.24) is 4.98 Å². The summed E-state index contributed by atoms with van der Waals surface area (Å²) in [6.07, 6.45) is 2.23. The molecule has 1 aromatic carbocycles. The van der Waals surface area contributed by atoms with Crippen LogP contribution < -0.4 is 0 Å². The Labute approximate surface area is 102 Å². The molecule has 2 aromatic rings. The van der Waals surface area contributed by atoms with Crippen molar-refractivity contribution in [3.8, 4) is 0 Å². The summed E-state index contributed by atoms with van der Waals surface area (Å²) in [6.45, 7) is 2.18. The molecule has 2 heteroatoms. The van der Waals surface area contributed by atoms with Gasteiger partial charge in [-0.05, 0) is 18.6 Å². The maximum Gasteiger partial charge on any atom is 0.0705 e. The van der Waals surface area contributed by atoms with Gasteiger partial charge in [0.25, 0.3) is 0 Å². The SMILES string of the molecule is CCCc1ccc2ccccc2n1.I. The Morgan fingerprint density at radius 1 is 1.07 bits per heavy atom. The van der Waals surface area contributed by atoms with Crippen LogP contribution in [0.4, 0.5) is 0 Å². The molecule has 2 rings (SSSR count). The summed E-state index contributed by atoms with van der Waals surface area (Å²) in [7, 11) is 0. The van der Waals surface area contributed by atoms with Crippen molar-refractivity contribution in [2.24, 2.45) is 0 Å². The van der Waals surface area contributed by atoms with E-state index in [1.807, 2.05) is 12.1 Å². The Balaban J connectivity index is 0.000000980. The predicted molar refractivity (Wildman–Crippen MR) is 71.2 cm³/mol. The van der Waals surface area contributed by atoms with Gasteiger partial charge in [0.1, 0.15) is 0 Å². The van der Waals surface area contributed by atoms with E-state index >= 15 is 0 Å². The molecule has 1 heterocycles. The smallest absolute Gasteiger partial charge is 0.0705 e. The van der Waals surface area contributed by atoms with Crippen LogP contribution in [0.15, 0.2) is 36.4 Å². The molecular weight excluding hydrogens is 285 g/mol. The fraction of sp³-hybridized carbons (Fsp3) is 0.250. The number of aryl methyl sites for hydroxylation is 1. The van der Waals surface area contributed by atoms with E-state index in [0.29, 0.717) is 0 Å². The first kappa shape index (κ1) is 11.4. The third-order valence-corrected chi connectivity index (χ3v) is 2.16. The molecule has 0 aliphatic carbocycles. The lowest BCUT2D eigenvalue weighted by atomic mass is 10.1. The van der Waals surface area contributed by atoms with Gasteiger partial charge in [-0.25, -0.2) is 0 Å². The van der Waals surface area contributed by atoms with Gasteiger partial charge in [0.2, 0.25) is 0 Å². The molecule has 0 saturated heterocycles. The lowest BCUT2D eigenvalue weighted by Crippen LogP contribution is -1.88. The lowest BCUT2D eigenvalue weighted by molar-refractivity contribution is 0.890. The second-order valence-electron chi connectivity index (χ2n) is 3.25. The number of nitrogens with zero attached hydrogens (tertiary/aromatic N) is 1. The van der Waals surface area contributed by atoms with Gasteiger partial charge in [0.15, 0.2) is 0 Å². The van der Waals surface area contributed by atoms with Crippen molar-refractivity contribution >= 4 is 34.9 Å². The minimum atomic E-state index is 0. The summed E-state index contributed by atoms with van der Waals surface area (Å²) in [6, 6.07) is 12.5. The van der Waals surface area contributed by atoms with Crippen LogP contribution in [-0.2, 0) is 6.42 Å². The molecule has 14 heavy (non-hydrogen) atoms. The third kappa shape index (κ3) is 2.44. The lowest BCUT2D eigenvalue weighted by Gasteiger charge is -2.00. The fourth-order valence-corrected chi connectivity index (χ4v) is 1.50. The monoisotopic (exact) mass is 299 g/mol. The number of fused-ring (bicyclic) bond motifs is 1. The standard InChI is InChI=1S/C12H13N.HI/c1-2-5-11-9-8-10-6-3-4-7-12(10)13-11;/h3-4,6-9H,2,5H2,1H3;1H. The van der Waals surface area contributed by atoms with Crippen LogP contribution in [0.3, 0.4) is 0 Å². The minimum absolute atomic E-state index is 0. The molecule has 1 nitrogen and oxygen atoms in total. The van der Waals surface area contributed by atoms with Crippen LogP contribution in [0, 0.1) is 0 Å².